The zero-order valence-corrected chi connectivity index (χ0v) is 15.8. The van der Waals surface area contributed by atoms with Crippen molar-refractivity contribution in [3.05, 3.63) is 23.5 Å². The molecule has 1 N–H and O–H groups in total. The summed E-state index contributed by atoms with van der Waals surface area (Å²) in [7, 11) is -3.64. The van der Waals surface area contributed by atoms with Gasteiger partial charge in [-0.1, -0.05) is 19.1 Å². The summed E-state index contributed by atoms with van der Waals surface area (Å²) < 4.78 is 32.9. The average molecular weight is 367 g/mol. The first-order valence-corrected chi connectivity index (χ1v) is 10.1. The number of allylic oxidation sites excluding steroid dienone is 1. The van der Waals surface area contributed by atoms with Crippen LogP contribution in [0.5, 0.6) is 0 Å². The van der Waals surface area contributed by atoms with Crippen molar-refractivity contribution in [1.82, 2.24) is 14.5 Å². The van der Waals surface area contributed by atoms with Gasteiger partial charge in [0, 0.05) is 13.1 Å². The molecule has 138 valence electrons. The van der Waals surface area contributed by atoms with E-state index in [4.69, 9.17) is 4.74 Å². The summed E-state index contributed by atoms with van der Waals surface area (Å²) in [5.41, 5.74) is 1.01. The van der Waals surface area contributed by atoms with Crippen LogP contribution in [0, 0.1) is 37.5 Å². The number of hydrogen-bond donors (Lipinski definition) is 1. The number of fused-ring (bicyclic) bond motifs is 1. The standard InChI is InChI=1S/C17H25N3O4S/c1-5-24-17(21)15-10(2)6-7-13-8-20(9-14(13)15)25(22,23)16-11(3)18-19-12(16)4/h6-7,10,13-15H,5,8-9H2,1-4H3,(H,18,19)/t10-,13-,14+,15+/m0/s1. The maximum absolute atomic E-state index is 13.1. The summed E-state index contributed by atoms with van der Waals surface area (Å²) >= 11 is 0. The van der Waals surface area contributed by atoms with Crippen LogP contribution in [-0.4, -0.2) is 48.6 Å². The van der Waals surface area contributed by atoms with Gasteiger partial charge in [0.25, 0.3) is 0 Å². The van der Waals surface area contributed by atoms with Gasteiger partial charge in [-0.2, -0.15) is 9.40 Å². The van der Waals surface area contributed by atoms with Crippen molar-refractivity contribution >= 4 is 16.0 Å². The number of aryl methyl sites for hydroxylation is 2. The second-order valence-corrected chi connectivity index (χ2v) is 8.81. The molecule has 1 aromatic rings. The summed E-state index contributed by atoms with van der Waals surface area (Å²) in [6.45, 7) is 8.21. The highest BCUT2D eigenvalue weighted by Crippen LogP contribution is 2.41. The van der Waals surface area contributed by atoms with Gasteiger partial charge < -0.3 is 4.74 Å². The number of carbonyl (C=O) groups excluding carboxylic acids is 1. The number of aromatic amines is 1. The third-order valence-electron chi connectivity index (χ3n) is 5.29. The van der Waals surface area contributed by atoms with E-state index < -0.39 is 10.0 Å². The van der Waals surface area contributed by atoms with Crippen molar-refractivity contribution in [3.63, 3.8) is 0 Å². The first-order chi connectivity index (χ1) is 11.8. The van der Waals surface area contributed by atoms with E-state index in [0.29, 0.717) is 31.1 Å². The number of ether oxygens (including phenoxy) is 1. The van der Waals surface area contributed by atoms with E-state index >= 15 is 0 Å². The van der Waals surface area contributed by atoms with Crippen LogP contribution in [0.15, 0.2) is 17.0 Å². The van der Waals surface area contributed by atoms with E-state index in [1.54, 1.807) is 20.8 Å². The van der Waals surface area contributed by atoms with E-state index in [0.717, 1.165) is 0 Å². The quantitative estimate of drug-likeness (QED) is 0.645. The third kappa shape index (κ3) is 3.01. The number of hydrogen-bond acceptors (Lipinski definition) is 5. The Bertz CT molecular complexity index is 779. The molecule has 1 saturated heterocycles. The molecule has 2 aliphatic rings. The number of nitrogens with zero attached hydrogens (tertiary/aromatic N) is 2. The molecule has 3 rings (SSSR count). The van der Waals surface area contributed by atoms with E-state index in [1.807, 2.05) is 13.0 Å². The molecule has 0 amide bonds. The summed E-state index contributed by atoms with van der Waals surface area (Å²) in [6, 6.07) is 0. The lowest BCUT2D eigenvalue weighted by Gasteiger charge is -2.32. The molecule has 8 heteroatoms. The molecule has 1 aromatic heterocycles. The Morgan fingerprint density at radius 3 is 2.68 bits per heavy atom. The summed E-state index contributed by atoms with van der Waals surface area (Å²) in [5.74, 6) is -0.513. The predicted octanol–water partition coefficient (Wildman–Crippen LogP) is 1.65. The van der Waals surface area contributed by atoms with Crippen LogP contribution in [0.3, 0.4) is 0 Å². The van der Waals surface area contributed by atoms with Gasteiger partial charge in [0.2, 0.25) is 10.0 Å². The van der Waals surface area contributed by atoms with Gasteiger partial charge in [0.15, 0.2) is 0 Å². The maximum atomic E-state index is 13.1. The summed E-state index contributed by atoms with van der Waals surface area (Å²) in [4.78, 5) is 12.7. The van der Waals surface area contributed by atoms with Gasteiger partial charge in [0.1, 0.15) is 4.90 Å². The molecule has 0 aromatic carbocycles. The smallest absolute Gasteiger partial charge is 0.309 e. The topological polar surface area (TPSA) is 92.4 Å². The fraction of sp³-hybridized carbons (Fsp3) is 0.647. The van der Waals surface area contributed by atoms with E-state index in [-0.39, 0.29) is 34.5 Å². The zero-order valence-electron chi connectivity index (χ0n) is 15.0. The second-order valence-electron chi connectivity index (χ2n) is 6.93. The fourth-order valence-electron chi connectivity index (χ4n) is 4.10. The SMILES string of the molecule is CCOC(=O)[C@H]1[C@@H]2CN(S(=O)(=O)c3c(C)n[nH]c3C)C[C@@H]2C=C[C@@H]1C. The molecule has 0 bridgehead atoms. The van der Waals surface area contributed by atoms with Crippen molar-refractivity contribution in [2.75, 3.05) is 19.7 Å². The highest BCUT2D eigenvalue weighted by atomic mass is 32.2. The Kier molecular flexibility index (Phi) is 4.76. The van der Waals surface area contributed by atoms with Crippen LogP contribution in [-0.2, 0) is 19.6 Å². The highest BCUT2D eigenvalue weighted by molar-refractivity contribution is 7.89. The largest absolute Gasteiger partial charge is 0.466 e. The number of aromatic nitrogens is 2. The second kappa shape index (κ2) is 6.57. The van der Waals surface area contributed by atoms with Crippen molar-refractivity contribution in [3.8, 4) is 0 Å². The summed E-state index contributed by atoms with van der Waals surface area (Å²) in [5, 5.41) is 6.74. The predicted molar refractivity (Wildman–Crippen MR) is 92.2 cm³/mol. The van der Waals surface area contributed by atoms with Gasteiger partial charge in [-0.15, -0.1) is 0 Å². The van der Waals surface area contributed by atoms with E-state index in [1.165, 1.54) is 4.31 Å². The van der Waals surface area contributed by atoms with Crippen molar-refractivity contribution < 1.29 is 17.9 Å². The number of nitrogens with one attached hydrogen (secondary N) is 1. The molecule has 2 heterocycles. The minimum absolute atomic E-state index is 0.0351. The first-order valence-electron chi connectivity index (χ1n) is 8.64. The fourth-order valence-corrected chi connectivity index (χ4v) is 5.95. The lowest BCUT2D eigenvalue weighted by molar-refractivity contribution is -0.152. The van der Waals surface area contributed by atoms with Gasteiger partial charge in [0.05, 0.1) is 23.9 Å². The van der Waals surface area contributed by atoms with Crippen LogP contribution < -0.4 is 0 Å². The Balaban J connectivity index is 1.90. The Morgan fingerprint density at radius 2 is 2.08 bits per heavy atom. The van der Waals surface area contributed by atoms with Crippen LogP contribution >= 0.6 is 0 Å². The molecule has 4 atom stereocenters. The maximum Gasteiger partial charge on any atom is 0.309 e. The molecular formula is C17H25N3O4S. The molecule has 1 aliphatic carbocycles. The van der Waals surface area contributed by atoms with Gasteiger partial charge in [-0.3, -0.25) is 9.89 Å². The normalized spacial score (nSPS) is 29.6. The number of sulfonamides is 1. The number of esters is 1. The third-order valence-corrected chi connectivity index (χ3v) is 7.38. The number of carbonyl (C=O) groups is 1. The first kappa shape index (κ1) is 18.1. The molecule has 25 heavy (non-hydrogen) atoms. The van der Waals surface area contributed by atoms with Crippen molar-refractivity contribution in [1.29, 1.82) is 0 Å². The van der Waals surface area contributed by atoms with Crippen molar-refractivity contribution in [2.24, 2.45) is 23.7 Å². The Morgan fingerprint density at radius 1 is 1.36 bits per heavy atom. The van der Waals surface area contributed by atoms with Crippen LogP contribution in [0.1, 0.15) is 25.2 Å². The lowest BCUT2D eigenvalue weighted by atomic mass is 9.73. The van der Waals surface area contributed by atoms with Gasteiger partial charge in [-0.25, -0.2) is 8.42 Å². The van der Waals surface area contributed by atoms with Crippen LogP contribution in [0.4, 0.5) is 0 Å². The molecule has 1 fully saturated rings. The number of rotatable bonds is 4. The lowest BCUT2D eigenvalue weighted by Crippen LogP contribution is -2.37. The minimum Gasteiger partial charge on any atom is -0.466 e. The monoisotopic (exact) mass is 367 g/mol. The van der Waals surface area contributed by atoms with Crippen molar-refractivity contribution in [2.45, 2.75) is 32.6 Å². The molecule has 1 aliphatic heterocycles. The average Bonchev–Trinajstić information content (AvgIpc) is 3.11. The molecule has 7 nitrogen and oxygen atoms in total. The molecule has 0 radical (unpaired) electrons. The molecule has 0 spiro atoms. The molecule has 0 saturated carbocycles. The Labute approximate surface area is 148 Å². The molecular weight excluding hydrogens is 342 g/mol. The summed E-state index contributed by atoms with van der Waals surface area (Å²) in [6.07, 6.45) is 4.06. The highest BCUT2D eigenvalue weighted by Gasteiger charge is 2.48. The minimum atomic E-state index is -3.64. The Hall–Kier alpha value is -1.67. The zero-order chi connectivity index (χ0) is 18.4. The molecule has 0 unspecified atom stereocenters. The van der Waals surface area contributed by atoms with E-state index in [9.17, 15) is 13.2 Å². The van der Waals surface area contributed by atoms with E-state index in [2.05, 4.69) is 16.3 Å². The van der Waals surface area contributed by atoms with Gasteiger partial charge >= 0.3 is 5.97 Å². The van der Waals surface area contributed by atoms with Crippen LogP contribution in [0.2, 0.25) is 0 Å². The van der Waals surface area contributed by atoms with Crippen LogP contribution in [0.25, 0.3) is 0 Å². The number of H-pyrrole nitrogens is 1. The van der Waals surface area contributed by atoms with Gasteiger partial charge in [-0.05, 0) is 38.5 Å².